The summed E-state index contributed by atoms with van der Waals surface area (Å²) in [5.41, 5.74) is 0.588. The van der Waals surface area contributed by atoms with Gasteiger partial charge >= 0.3 is 0 Å². The number of hydrogen-bond acceptors (Lipinski definition) is 5. The van der Waals surface area contributed by atoms with Crippen molar-refractivity contribution in [1.29, 1.82) is 0 Å². The standard InChI is InChI=1S/C25H25Cl2FN2O5/c26-14-1-4-22-16(8-14)21(31)10-23(35-22)25(33)30-20-7-12-5-13(20)6-19(12)29-24(32)11-34-15-2-3-17(27)18(28)9-15/h1-4,8-9,12-13,19-21,23,31H,5-7,10-11H2,(H,29,32)(H,30,33)/t12-,13-,19+,20+,21-,23-/m1/s1. The van der Waals surface area contributed by atoms with Crippen molar-refractivity contribution >= 4 is 35.0 Å². The molecule has 7 nitrogen and oxygen atoms in total. The fourth-order valence-corrected chi connectivity index (χ4v) is 5.75. The zero-order valence-electron chi connectivity index (χ0n) is 18.7. The summed E-state index contributed by atoms with van der Waals surface area (Å²) in [7, 11) is 0. The average Bonchev–Trinajstić information content (AvgIpc) is 3.40. The third kappa shape index (κ3) is 5.20. The first-order valence-electron chi connectivity index (χ1n) is 11.6. The van der Waals surface area contributed by atoms with Crippen molar-refractivity contribution in [3.8, 4) is 11.5 Å². The van der Waals surface area contributed by atoms with Crippen LogP contribution in [-0.2, 0) is 9.59 Å². The lowest BCUT2D eigenvalue weighted by Gasteiger charge is -2.32. The van der Waals surface area contributed by atoms with Crippen LogP contribution in [0.25, 0.3) is 0 Å². The van der Waals surface area contributed by atoms with Gasteiger partial charge in [-0.25, -0.2) is 4.39 Å². The van der Waals surface area contributed by atoms with Crippen LogP contribution in [-0.4, -0.2) is 41.7 Å². The molecular formula is C25H25Cl2FN2O5. The van der Waals surface area contributed by atoms with Crippen LogP contribution in [0.1, 0.15) is 37.4 Å². The van der Waals surface area contributed by atoms with E-state index in [1.54, 1.807) is 18.2 Å². The van der Waals surface area contributed by atoms with E-state index < -0.39 is 18.0 Å². The topological polar surface area (TPSA) is 96.9 Å². The number of ether oxygens (including phenoxy) is 2. The minimum Gasteiger partial charge on any atom is -0.484 e. The van der Waals surface area contributed by atoms with E-state index in [0.717, 1.165) is 25.3 Å². The van der Waals surface area contributed by atoms with Gasteiger partial charge in [0.05, 0.1) is 11.1 Å². The molecule has 1 heterocycles. The number of benzene rings is 2. The molecule has 2 fully saturated rings. The number of carbonyl (C=O) groups excluding carboxylic acids is 2. The van der Waals surface area contributed by atoms with Gasteiger partial charge in [0.15, 0.2) is 12.7 Å². The third-order valence-corrected chi connectivity index (χ3v) is 7.66. The number of amides is 2. The number of nitrogens with one attached hydrogen (secondary N) is 2. The Morgan fingerprint density at radius 1 is 1.03 bits per heavy atom. The van der Waals surface area contributed by atoms with E-state index in [2.05, 4.69) is 10.6 Å². The number of rotatable bonds is 6. The molecule has 2 saturated carbocycles. The van der Waals surface area contributed by atoms with Crippen LogP contribution in [0.4, 0.5) is 4.39 Å². The first kappa shape index (κ1) is 24.2. The predicted molar refractivity (Wildman–Crippen MR) is 127 cm³/mol. The number of aliphatic hydroxyl groups is 1. The Morgan fingerprint density at radius 3 is 2.49 bits per heavy atom. The Labute approximate surface area is 211 Å². The molecule has 2 bridgehead atoms. The van der Waals surface area contributed by atoms with Gasteiger partial charge in [-0.1, -0.05) is 23.2 Å². The van der Waals surface area contributed by atoms with Crippen LogP contribution in [0.3, 0.4) is 0 Å². The minimum atomic E-state index is -0.820. The molecule has 2 amide bonds. The van der Waals surface area contributed by atoms with E-state index in [0.29, 0.717) is 16.3 Å². The molecule has 6 atom stereocenters. The van der Waals surface area contributed by atoms with Gasteiger partial charge in [0.1, 0.15) is 17.3 Å². The molecule has 0 aromatic heterocycles. The highest BCUT2D eigenvalue weighted by molar-refractivity contribution is 6.31. The largest absolute Gasteiger partial charge is 0.484 e. The Bertz CT molecular complexity index is 1150. The minimum absolute atomic E-state index is 0.00121. The summed E-state index contributed by atoms with van der Waals surface area (Å²) in [5.74, 6) is 0.0787. The average molecular weight is 523 g/mol. The maximum Gasteiger partial charge on any atom is 0.261 e. The highest BCUT2D eigenvalue weighted by atomic mass is 35.5. The first-order chi connectivity index (χ1) is 16.8. The fourth-order valence-electron chi connectivity index (χ4n) is 5.45. The molecule has 0 unspecified atom stereocenters. The summed E-state index contributed by atoms with van der Waals surface area (Å²) >= 11 is 11.6. The molecule has 0 spiro atoms. The monoisotopic (exact) mass is 522 g/mol. The van der Waals surface area contributed by atoms with Gasteiger partial charge in [0.25, 0.3) is 11.8 Å². The van der Waals surface area contributed by atoms with Crippen LogP contribution < -0.4 is 20.1 Å². The molecule has 35 heavy (non-hydrogen) atoms. The van der Waals surface area contributed by atoms with Gasteiger partial charge in [0, 0.05) is 35.2 Å². The van der Waals surface area contributed by atoms with E-state index in [4.69, 9.17) is 32.7 Å². The van der Waals surface area contributed by atoms with Crippen LogP contribution >= 0.6 is 23.2 Å². The molecule has 2 aliphatic carbocycles. The number of hydrogen-bond donors (Lipinski definition) is 3. The molecule has 186 valence electrons. The lowest BCUT2D eigenvalue weighted by atomic mass is 9.90. The summed E-state index contributed by atoms with van der Waals surface area (Å²) in [6.07, 6.45) is 0.992. The summed E-state index contributed by atoms with van der Waals surface area (Å²) < 4.78 is 24.7. The zero-order valence-corrected chi connectivity index (χ0v) is 20.2. The maximum atomic E-state index is 13.5. The number of fused-ring (bicyclic) bond motifs is 3. The summed E-state index contributed by atoms with van der Waals surface area (Å²) in [6, 6.07) is 9.02. The van der Waals surface area contributed by atoms with Crippen molar-refractivity contribution in [3.05, 3.63) is 57.8 Å². The normalized spacial score (nSPS) is 28.7. The first-order valence-corrected chi connectivity index (χ1v) is 12.3. The fraction of sp³-hybridized carbons (Fsp3) is 0.440. The van der Waals surface area contributed by atoms with Crippen molar-refractivity contribution in [1.82, 2.24) is 10.6 Å². The van der Waals surface area contributed by atoms with Crippen LogP contribution in [0, 0.1) is 17.7 Å². The van der Waals surface area contributed by atoms with Crippen LogP contribution in [0.2, 0.25) is 10.0 Å². The van der Waals surface area contributed by atoms with Gasteiger partial charge in [-0.3, -0.25) is 9.59 Å². The highest BCUT2D eigenvalue weighted by Gasteiger charge is 2.47. The summed E-state index contributed by atoms with van der Waals surface area (Å²) in [5, 5.41) is 17.0. The molecule has 0 radical (unpaired) electrons. The van der Waals surface area contributed by atoms with E-state index in [1.807, 2.05) is 0 Å². The number of carbonyl (C=O) groups is 2. The van der Waals surface area contributed by atoms with Crippen molar-refractivity contribution < 1.29 is 28.6 Å². The summed E-state index contributed by atoms with van der Waals surface area (Å²) in [6.45, 7) is -0.219. The lowest BCUT2D eigenvalue weighted by molar-refractivity contribution is -0.131. The van der Waals surface area contributed by atoms with E-state index in [1.165, 1.54) is 12.1 Å². The summed E-state index contributed by atoms with van der Waals surface area (Å²) in [4.78, 5) is 25.2. The van der Waals surface area contributed by atoms with Crippen molar-refractivity contribution in [3.63, 3.8) is 0 Å². The Hall–Kier alpha value is -2.55. The van der Waals surface area contributed by atoms with E-state index in [-0.39, 0.29) is 59.5 Å². The molecule has 2 aromatic rings. The third-order valence-electron chi connectivity index (χ3n) is 7.12. The Kier molecular flexibility index (Phi) is 6.79. The van der Waals surface area contributed by atoms with Crippen LogP contribution in [0.15, 0.2) is 36.4 Å². The SMILES string of the molecule is O=C(COc1ccc(Cl)c(F)c1)N[C@H]1C[C@H]2C[C@@H]1C[C@@H]2NC(=O)[C@H]1C[C@@H](O)c2cc(Cl)ccc2O1. The second kappa shape index (κ2) is 9.84. The van der Waals surface area contributed by atoms with Gasteiger partial charge in [-0.2, -0.15) is 0 Å². The van der Waals surface area contributed by atoms with Crippen molar-refractivity contribution in [2.75, 3.05) is 6.61 Å². The van der Waals surface area contributed by atoms with Gasteiger partial charge in [-0.05, 0) is 61.4 Å². The van der Waals surface area contributed by atoms with Crippen molar-refractivity contribution in [2.24, 2.45) is 11.8 Å². The number of halogens is 3. The quantitative estimate of drug-likeness (QED) is 0.536. The molecule has 3 aliphatic rings. The lowest BCUT2D eigenvalue weighted by Crippen LogP contribution is -2.50. The molecule has 2 aromatic carbocycles. The maximum absolute atomic E-state index is 13.5. The molecule has 3 N–H and O–H groups in total. The Morgan fingerprint density at radius 2 is 1.77 bits per heavy atom. The molecule has 1 aliphatic heterocycles. The zero-order chi connectivity index (χ0) is 24.7. The number of aliphatic hydroxyl groups excluding tert-OH is 1. The van der Waals surface area contributed by atoms with Crippen molar-refractivity contribution in [2.45, 2.75) is 50.0 Å². The van der Waals surface area contributed by atoms with E-state index in [9.17, 15) is 19.1 Å². The van der Waals surface area contributed by atoms with E-state index >= 15 is 0 Å². The second-order valence-electron chi connectivity index (χ2n) is 9.42. The molecule has 5 rings (SSSR count). The van der Waals surface area contributed by atoms with Gasteiger partial charge in [-0.15, -0.1) is 0 Å². The smallest absolute Gasteiger partial charge is 0.261 e. The predicted octanol–water partition coefficient (Wildman–Crippen LogP) is 3.80. The van der Waals surface area contributed by atoms with Gasteiger partial charge < -0.3 is 25.2 Å². The second-order valence-corrected chi connectivity index (χ2v) is 10.3. The van der Waals surface area contributed by atoms with Gasteiger partial charge in [0.2, 0.25) is 0 Å². The molecular weight excluding hydrogens is 498 g/mol. The highest BCUT2D eigenvalue weighted by Crippen LogP contribution is 2.45. The Balaban J connectivity index is 1.09. The molecule has 10 heteroatoms. The molecule has 0 saturated heterocycles. The van der Waals surface area contributed by atoms with Crippen LogP contribution in [0.5, 0.6) is 11.5 Å².